The van der Waals surface area contributed by atoms with E-state index < -0.39 is 20.0 Å². The fourth-order valence-corrected chi connectivity index (χ4v) is 1.32. The minimum atomic E-state index is -4.12. The number of rotatable bonds is 7. The summed E-state index contributed by atoms with van der Waals surface area (Å²) in [5.74, 6) is 0. The highest BCUT2D eigenvalue weighted by Crippen LogP contribution is 2.35. The van der Waals surface area contributed by atoms with Crippen molar-refractivity contribution in [2.24, 2.45) is 0 Å². The third-order valence-electron chi connectivity index (χ3n) is 1.13. The van der Waals surface area contributed by atoms with Crippen LogP contribution in [0, 0.1) is 0 Å². The van der Waals surface area contributed by atoms with Gasteiger partial charge in [-0.25, -0.2) is 0 Å². The molecule has 0 aromatic heterocycles. The minimum Gasteiger partial charge on any atom is -0.394 e. The Kier molecular flexibility index (Phi) is 6.49. The van der Waals surface area contributed by atoms with Gasteiger partial charge in [-0.3, -0.25) is 4.57 Å². The smallest absolute Gasteiger partial charge is 0.330 e. The molecule has 0 aliphatic heterocycles. The van der Waals surface area contributed by atoms with Gasteiger partial charge < -0.3 is 24.4 Å². The molecule has 0 rings (SSSR count). The Hall–Kier alpha value is 0.0300. The molecule has 1 atom stereocenters. The third-order valence-corrected chi connectivity index (χ3v) is 1.91. The predicted octanol–water partition coefficient (Wildman–Crippen LogP) is -0.464. The normalized spacial score (nSPS) is 14.5. The Morgan fingerprint density at radius 2 is 2.00 bits per heavy atom. The van der Waals surface area contributed by atoms with Crippen LogP contribution >= 0.6 is 7.60 Å². The monoisotopic (exact) mass is 214 g/mol. The highest BCUT2D eigenvalue weighted by molar-refractivity contribution is 7.51. The van der Waals surface area contributed by atoms with Crippen molar-refractivity contribution in [1.82, 2.24) is 0 Å². The van der Waals surface area contributed by atoms with E-state index in [1.165, 1.54) is 0 Å². The molecule has 0 aliphatic rings. The zero-order valence-electron chi connectivity index (χ0n) is 7.42. The lowest BCUT2D eigenvalue weighted by atomic mass is 10.7. The van der Waals surface area contributed by atoms with Gasteiger partial charge in [0, 0.05) is 6.61 Å². The van der Waals surface area contributed by atoms with Crippen LogP contribution in [0.15, 0.2) is 0 Å². The van der Waals surface area contributed by atoms with Crippen molar-refractivity contribution in [3.05, 3.63) is 0 Å². The zero-order valence-corrected chi connectivity index (χ0v) is 8.31. The average molecular weight is 214 g/mol. The molecule has 1 unspecified atom stereocenters. The van der Waals surface area contributed by atoms with Crippen LogP contribution in [0.25, 0.3) is 0 Å². The highest BCUT2D eigenvalue weighted by Gasteiger charge is 2.22. The van der Waals surface area contributed by atoms with Crippen molar-refractivity contribution in [3.8, 4) is 0 Å². The maximum atomic E-state index is 10.6. The van der Waals surface area contributed by atoms with Crippen molar-refractivity contribution < 1.29 is 28.9 Å². The van der Waals surface area contributed by atoms with Crippen LogP contribution in [0.2, 0.25) is 0 Å². The maximum Gasteiger partial charge on any atom is 0.330 e. The molecule has 0 fully saturated rings. The molecule has 0 radical (unpaired) electrons. The molecule has 0 saturated carbocycles. The summed E-state index contributed by atoms with van der Waals surface area (Å²) in [5, 5.41) is 8.41. The largest absolute Gasteiger partial charge is 0.394 e. The predicted molar refractivity (Wildman–Crippen MR) is 45.4 cm³/mol. The third kappa shape index (κ3) is 8.36. The van der Waals surface area contributed by atoms with E-state index in [-0.39, 0.29) is 13.2 Å². The van der Waals surface area contributed by atoms with Gasteiger partial charge in [0.15, 0.2) is 6.29 Å². The van der Waals surface area contributed by atoms with Gasteiger partial charge in [-0.1, -0.05) is 0 Å². The van der Waals surface area contributed by atoms with E-state index in [2.05, 4.69) is 0 Å². The first-order valence-electron chi connectivity index (χ1n) is 3.88. The number of aliphatic hydroxyl groups is 1. The van der Waals surface area contributed by atoms with Gasteiger partial charge in [0.2, 0.25) is 0 Å². The first kappa shape index (κ1) is 13.0. The summed E-state index contributed by atoms with van der Waals surface area (Å²) >= 11 is 0. The number of hydrogen-bond donors (Lipinski definition) is 3. The molecule has 0 amide bonds. The lowest BCUT2D eigenvalue weighted by molar-refractivity contribution is -0.131. The summed E-state index contributed by atoms with van der Waals surface area (Å²) < 4.78 is 20.3. The van der Waals surface area contributed by atoms with Gasteiger partial charge in [-0.05, 0) is 6.92 Å². The number of hydrogen-bond acceptors (Lipinski definition) is 4. The second-order valence-electron chi connectivity index (χ2n) is 2.33. The molecule has 13 heavy (non-hydrogen) atoms. The topological polar surface area (TPSA) is 96.2 Å². The minimum absolute atomic E-state index is 0.00463. The molecular formula is C6H15O6P. The van der Waals surface area contributed by atoms with Crippen LogP contribution in [0.5, 0.6) is 0 Å². The Balaban J connectivity index is 3.86. The van der Waals surface area contributed by atoms with Gasteiger partial charge in [-0.2, -0.15) is 0 Å². The summed E-state index contributed by atoms with van der Waals surface area (Å²) in [6.45, 7) is 1.79. The summed E-state index contributed by atoms with van der Waals surface area (Å²) in [4.78, 5) is 17.2. The first-order chi connectivity index (χ1) is 5.99. The standard InChI is InChI=1S/C6H15O6P/c1-2-11-6(12-4-3-7)5-13(8,9)10/h6-7H,2-5H2,1H3,(H2,8,9,10). The summed E-state index contributed by atoms with van der Waals surface area (Å²) in [5.41, 5.74) is 0. The highest BCUT2D eigenvalue weighted by atomic mass is 31.2. The summed E-state index contributed by atoms with van der Waals surface area (Å²) in [7, 11) is -4.12. The van der Waals surface area contributed by atoms with Crippen molar-refractivity contribution in [2.45, 2.75) is 13.2 Å². The average Bonchev–Trinajstić information content (AvgIpc) is 1.98. The Morgan fingerprint density at radius 3 is 2.38 bits per heavy atom. The van der Waals surface area contributed by atoms with Crippen molar-refractivity contribution >= 4 is 7.60 Å². The molecule has 0 bridgehead atoms. The van der Waals surface area contributed by atoms with Crippen molar-refractivity contribution in [3.63, 3.8) is 0 Å². The van der Waals surface area contributed by atoms with Gasteiger partial charge in [0.25, 0.3) is 0 Å². The molecule has 6 nitrogen and oxygen atoms in total. The van der Waals surface area contributed by atoms with Crippen molar-refractivity contribution in [1.29, 1.82) is 0 Å². The maximum absolute atomic E-state index is 10.6. The van der Waals surface area contributed by atoms with Crippen LogP contribution in [-0.4, -0.2) is 47.2 Å². The summed E-state index contributed by atoms with van der Waals surface area (Å²) in [6.07, 6.45) is -1.43. The quantitative estimate of drug-likeness (QED) is 0.392. The fourth-order valence-electron chi connectivity index (χ4n) is 0.718. The second-order valence-corrected chi connectivity index (χ2v) is 4.02. The van der Waals surface area contributed by atoms with Gasteiger partial charge in [0.1, 0.15) is 6.16 Å². The van der Waals surface area contributed by atoms with Crippen molar-refractivity contribution in [2.75, 3.05) is 26.0 Å². The molecule has 0 aromatic carbocycles. The molecule has 80 valence electrons. The molecule has 0 heterocycles. The zero-order chi connectivity index (χ0) is 10.3. The van der Waals surface area contributed by atoms with E-state index in [1.54, 1.807) is 6.92 Å². The van der Waals surface area contributed by atoms with Gasteiger partial charge >= 0.3 is 7.60 Å². The van der Waals surface area contributed by atoms with E-state index in [9.17, 15) is 4.57 Å². The Morgan fingerprint density at radius 1 is 1.38 bits per heavy atom. The van der Waals surface area contributed by atoms with Crippen LogP contribution in [0.3, 0.4) is 0 Å². The SMILES string of the molecule is CCOC(CP(=O)(O)O)OCCO. The molecule has 0 aliphatic carbocycles. The van der Waals surface area contributed by atoms with E-state index >= 15 is 0 Å². The molecule has 0 saturated heterocycles. The lowest BCUT2D eigenvalue weighted by Gasteiger charge is -2.17. The van der Waals surface area contributed by atoms with E-state index in [0.29, 0.717) is 6.61 Å². The number of ether oxygens (including phenoxy) is 2. The van der Waals surface area contributed by atoms with E-state index in [1.807, 2.05) is 0 Å². The van der Waals surface area contributed by atoms with Crippen LogP contribution in [-0.2, 0) is 14.0 Å². The first-order valence-corrected chi connectivity index (χ1v) is 5.68. The molecule has 3 N–H and O–H groups in total. The van der Waals surface area contributed by atoms with Gasteiger partial charge in [-0.15, -0.1) is 0 Å². The molecule has 0 spiro atoms. The molecule has 0 aromatic rings. The van der Waals surface area contributed by atoms with E-state index in [4.69, 9.17) is 24.4 Å². The Labute approximate surface area is 76.6 Å². The Bertz CT molecular complexity index is 167. The second kappa shape index (κ2) is 6.48. The molecular weight excluding hydrogens is 199 g/mol. The molecule has 7 heteroatoms. The number of aliphatic hydroxyl groups excluding tert-OH is 1. The van der Waals surface area contributed by atoms with Crippen LogP contribution < -0.4 is 0 Å². The van der Waals surface area contributed by atoms with Crippen LogP contribution in [0.1, 0.15) is 6.92 Å². The summed E-state index contributed by atoms with van der Waals surface area (Å²) in [6, 6.07) is 0. The van der Waals surface area contributed by atoms with Crippen LogP contribution in [0.4, 0.5) is 0 Å². The van der Waals surface area contributed by atoms with E-state index in [0.717, 1.165) is 0 Å². The van der Waals surface area contributed by atoms with Gasteiger partial charge in [0.05, 0.1) is 13.2 Å². The fraction of sp³-hybridized carbons (Fsp3) is 1.00. The lowest BCUT2D eigenvalue weighted by Crippen LogP contribution is -2.23.